The molecule has 118 valence electrons. The molecule has 0 bridgehead atoms. The number of hydrogen-bond acceptors (Lipinski definition) is 5. The van der Waals surface area contributed by atoms with E-state index in [0.717, 1.165) is 17.9 Å². The highest BCUT2D eigenvalue weighted by Gasteiger charge is 2.39. The van der Waals surface area contributed by atoms with Gasteiger partial charge in [0.05, 0.1) is 21.3 Å². The SMILES string of the molecule is COc1cc2c(c(OC)c1OC)CN(C(C)(C)C)C2CN. The van der Waals surface area contributed by atoms with Gasteiger partial charge in [-0.15, -0.1) is 0 Å². The highest BCUT2D eigenvalue weighted by Crippen LogP contribution is 2.49. The first kappa shape index (κ1) is 15.9. The molecule has 1 heterocycles. The first-order valence-electron chi connectivity index (χ1n) is 7.17. The number of nitrogens with two attached hydrogens (primary N) is 1. The van der Waals surface area contributed by atoms with E-state index in [1.807, 2.05) is 6.07 Å². The lowest BCUT2D eigenvalue weighted by molar-refractivity contribution is 0.0944. The Kier molecular flexibility index (Phi) is 4.35. The number of benzene rings is 1. The van der Waals surface area contributed by atoms with Crippen LogP contribution in [-0.2, 0) is 6.54 Å². The van der Waals surface area contributed by atoms with Crippen LogP contribution in [0.4, 0.5) is 0 Å². The molecule has 0 fully saturated rings. The van der Waals surface area contributed by atoms with Crippen LogP contribution in [0.1, 0.15) is 37.9 Å². The number of nitrogens with zero attached hydrogens (tertiary/aromatic N) is 1. The maximum Gasteiger partial charge on any atom is 0.203 e. The van der Waals surface area contributed by atoms with Gasteiger partial charge >= 0.3 is 0 Å². The molecule has 0 saturated carbocycles. The van der Waals surface area contributed by atoms with Crippen molar-refractivity contribution in [2.75, 3.05) is 27.9 Å². The van der Waals surface area contributed by atoms with Crippen LogP contribution in [0.25, 0.3) is 0 Å². The summed E-state index contributed by atoms with van der Waals surface area (Å²) < 4.78 is 16.5. The van der Waals surface area contributed by atoms with Gasteiger partial charge in [-0.2, -0.15) is 0 Å². The van der Waals surface area contributed by atoms with E-state index in [1.54, 1.807) is 21.3 Å². The van der Waals surface area contributed by atoms with Gasteiger partial charge in [-0.1, -0.05) is 0 Å². The van der Waals surface area contributed by atoms with Gasteiger partial charge < -0.3 is 19.9 Å². The van der Waals surface area contributed by atoms with Gasteiger partial charge in [-0.05, 0) is 32.4 Å². The van der Waals surface area contributed by atoms with Crippen molar-refractivity contribution in [3.63, 3.8) is 0 Å². The Bertz CT molecular complexity index is 523. The monoisotopic (exact) mass is 294 g/mol. The predicted molar refractivity (Wildman–Crippen MR) is 83.2 cm³/mol. The van der Waals surface area contributed by atoms with Gasteiger partial charge in [0.15, 0.2) is 11.5 Å². The van der Waals surface area contributed by atoms with E-state index in [1.165, 1.54) is 5.56 Å². The molecule has 1 atom stereocenters. The van der Waals surface area contributed by atoms with Crippen molar-refractivity contribution >= 4 is 0 Å². The van der Waals surface area contributed by atoms with Crippen molar-refractivity contribution < 1.29 is 14.2 Å². The van der Waals surface area contributed by atoms with Gasteiger partial charge in [0, 0.05) is 30.2 Å². The summed E-state index contributed by atoms with van der Waals surface area (Å²) >= 11 is 0. The molecule has 0 aromatic heterocycles. The number of methoxy groups -OCH3 is 3. The Balaban J connectivity index is 2.62. The minimum absolute atomic E-state index is 0.0224. The fraction of sp³-hybridized carbons (Fsp3) is 0.625. The summed E-state index contributed by atoms with van der Waals surface area (Å²) in [5.74, 6) is 2.07. The van der Waals surface area contributed by atoms with Crippen LogP contribution in [0, 0.1) is 0 Å². The third-order valence-corrected chi connectivity index (χ3v) is 4.12. The van der Waals surface area contributed by atoms with E-state index in [0.29, 0.717) is 18.0 Å². The quantitative estimate of drug-likeness (QED) is 0.923. The van der Waals surface area contributed by atoms with Gasteiger partial charge in [-0.3, -0.25) is 4.90 Å². The zero-order chi connectivity index (χ0) is 15.8. The lowest BCUT2D eigenvalue weighted by Crippen LogP contribution is -2.42. The molecule has 1 aliphatic rings. The molecule has 1 aliphatic heterocycles. The smallest absolute Gasteiger partial charge is 0.203 e. The topological polar surface area (TPSA) is 57.0 Å². The van der Waals surface area contributed by atoms with E-state index >= 15 is 0 Å². The lowest BCUT2D eigenvalue weighted by atomic mass is 10.0. The molecule has 1 unspecified atom stereocenters. The van der Waals surface area contributed by atoms with E-state index in [-0.39, 0.29) is 11.6 Å². The van der Waals surface area contributed by atoms with Crippen LogP contribution in [-0.4, -0.2) is 38.3 Å². The molecule has 2 rings (SSSR count). The van der Waals surface area contributed by atoms with Crippen molar-refractivity contribution in [3.05, 3.63) is 17.2 Å². The van der Waals surface area contributed by atoms with Gasteiger partial charge in [0.1, 0.15) is 0 Å². The fourth-order valence-electron chi connectivity index (χ4n) is 3.10. The molecule has 0 amide bonds. The molecule has 5 heteroatoms. The molecular formula is C16H26N2O3. The number of rotatable bonds is 4. The molecule has 1 aromatic rings. The largest absolute Gasteiger partial charge is 0.493 e. The zero-order valence-electron chi connectivity index (χ0n) is 13.8. The molecule has 0 spiro atoms. The highest BCUT2D eigenvalue weighted by molar-refractivity contribution is 5.61. The van der Waals surface area contributed by atoms with Crippen LogP contribution in [0.15, 0.2) is 6.07 Å². The molecule has 0 saturated heterocycles. The second kappa shape index (κ2) is 5.73. The standard InChI is InChI=1S/C16H26N2O3/c1-16(2,3)18-9-11-10(12(18)8-17)7-13(19-4)15(21-6)14(11)20-5/h7,12H,8-9,17H2,1-6H3. The Morgan fingerprint density at radius 3 is 2.19 bits per heavy atom. The number of hydrogen-bond donors (Lipinski definition) is 1. The predicted octanol–water partition coefficient (Wildman–Crippen LogP) is 2.33. The molecule has 5 nitrogen and oxygen atoms in total. The number of ether oxygens (including phenoxy) is 3. The molecule has 0 aliphatic carbocycles. The summed E-state index contributed by atoms with van der Waals surface area (Å²) in [6.07, 6.45) is 0. The first-order chi connectivity index (χ1) is 9.88. The van der Waals surface area contributed by atoms with Crippen molar-refractivity contribution in [1.29, 1.82) is 0 Å². The van der Waals surface area contributed by atoms with Crippen LogP contribution < -0.4 is 19.9 Å². The average Bonchev–Trinajstić information content (AvgIpc) is 2.83. The molecule has 1 aromatic carbocycles. The third kappa shape index (κ3) is 2.56. The Hall–Kier alpha value is -1.46. The van der Waals surface area contributed by atoms with E-state index in [2.05, 4.69) is 25.7 Å². The normalized spacial score (nSPS) is 18.5. The van der Waals surface area contributed by atoms with Crippen molar-refractivity contribution in [1.82, 2.24) is 4.90 Å². The summed E-state index contributed by atoms with van der Waals surface area (Å²) in [6, 6.07) is 2.19. The lowest BCUT2D eigenvalue weighted by Gasteiger charge is -2.36. The van der Waals surface area contributed by atoms with Crippen LogP contribution in [0.3, 0.4) is 0 Å². The average molecular weight is 294 g/mol. The second-order valence-electron chi connectivity index (χ2n) is 6.26. The highest BCUT2D eigenvalue weighted by atomic mass is 16.5. The maximum absolute atomic E-state index is 6.03. The maximum atomic E-state index is 6.03. The number of fused-ring (bicyclic) bond motifs is 1. The van der Waals surface area contributed by atoms with Gasteiger partial charge in [0.2, 0.25) is 5.75 Å². The Labute approximate surface area is 127 Å². The second-order valence-corrected chi connectivity index (χ2v) is 6.26. The summed E-state index contributed by atoms with van der Waals surface area (Å²) in [7, 11) is 4.93. The summed E-state index contributed by atoms with van der Waals surface area (Å²) in [4.78, 5) is 2.39. The minimum Gasteiger partial charge on any atom is -0.493 e. The minimum atomic E-state index is 0.0224. The molecule has 21 heavy (non-hydrogen) atoms. The zero-order valence-corrected chi connectivity index (χ0v) is 13.8. The summed E-state index contributed by atoms with van der Waals surface area (Å²) in [6.45, 7) is 7.95. The summed E-state index contributed by atoms with van der Waals surface area (Å²) in [5.41, 5.74) is 8.36. The molecule has 0 radical (unpaired) electrons. The van der Waals surface area contributed by atoms with Gasteiger partial charge in [-0.25, -0.2) is 0 Å². The van der Waals surface area contributed by atoms with E-state index < -0.39 is 0 Å². The van der Waals surface area contributed by atoms with Crippen molar-refractivity contribution in [3.8, 4) is 17.2 Å². The molecular weight excluding hydrogens is 268 g/mol. The Morgan fingerprint density at radius 2 is 1.76 bits per heavy atom. The third-order valence-electron chi connectivity index (χ3n) is 4.12. The van der Waals surface area contributed by atoms with Crippen LogP contribution >= 0.6 is 0 Å². The fourth-order valence-corrected chi connectivity index (χ4v) is 3.10. The van der Waals surface area contributed by atoms with E-state index in [4.69, 9.17) is 19.9 Å². The van der Waals surface area contributed by atoms with Crippen molar-refractivity contribution in [2.45, 2.75) is 38.9 Å². The first-order valence-corrected chi connectivity index (χ1v) is 7.17. The van der Waals surface area contributed by atoms with Crippen molar-refractivity contribution in [2.24, 2.45) is 5.73 Å². The van der Waals surface area contributed by atoms with Crippen LogP contribution in [0.5, 0.6) is 17.2 Å². The Morgan fingerprint density at radius 1 is 1.14 bits per heavy atom. The molecule has 2 N–H and O–H groups in total. The van der Waals surface area contributed by atoms with E-state index in [9.17, 15) is 0 Å². The summed E-state index contributed by atoms with van der Waals surface area (Å²) in [5, 5.41) is 0. The van der Waals surface area contributed by atoms with Gasteiger partial charge in [0.25, 0.3) is 0 Å². The van der Waals surface area contributed by atoms with Crippen LogP contribution in [0.2, 0.25) is 0 Å².